The average Bonchev–Trinajstić information content (AvgIpc) is 2.88. The summed E-state index contributed by atoms with van der Waals surface area (Å²) in [4.78, 5) is 16.8. The molecule has 1 N–H and O–H groups in total. The Morgan fingerprint density at radius 1 is 1.35 bits per heavy atom. The van der Waals surface area contributed by atoms with Crippen molar-refractivity contribution in [1.29, 1.82) is 0 Å². The summed E-state index contributed by atoms with van der Waals surface area (Å²) in [5, 5.41) is 3.56. The van der Waals surface area contributed by atoms with E-state index in [0.717, 1.165) is 17.0 Å². The van der Waals surface area contributed by atoms with Crippen LogP contribution in [0.4, 0.5) is 5.69 Å². The zero-order chi connectivity index (χ0) is 16.4. The average molecular weight is 394 g/mol. The van der Waals surface area contributed by atoms with Crippen molar-refractivity contribution in [2.24, 2.45) is 4.99 Å². The van der Waals surface area contributed by atoms with E-state index in [1.165, 1.54) is 0 Å². The Balaban J connectivity index is 1.75. The molecular formula is C17H14BrClN2O2. The fraction of sp³-hybridized carbons (Fsp3) is 0.176. The summed E-state index contributed by atoms with van der Waals surface area (Å²) in [6.07, 6.45) is 1.62. The molecule has 0 radical (unpaired) electrons. The number of fused-ring (bicyclic) bond motifs is 1. The summed E-state index contributed by atoms with van der Waals surface area (Å²) in [5.41, 5.74) is 2.21. The molecule has 0 saturated carbocycles. The number of rotatable bonds is 4. The maximum atomic E-state index is 12.5. The van der Waals surface area contributed by atoms with Gasteiger partial charge in [-0.25, -0.2) is 0 Å². The summed E-state index contributed by atoms with van der Waals surface area (Å²) in [6.45, 7) is 0.448. The van der Waals surface area contributed by atoms with Crippen LogP contribution < -0.4 is 10.1 Å². The first-order chi connectivity index (χ1) is 11.1. The predicted octanol–water partition coefficient (Wildman–Crippen LogP) is 4.36. The van der Waals surface area contributed by atoms with Gasteiger partial charge in [0.05, 0.1) is 24.2 Å². The number of para-hydroxylation sites is 1. The van der Waals surface area contributed by atoms with E-state index in [1.54, 1.807) is 13.3 Å². The molecule has 23 heavy (non-hydrogen) atoms. The highest BCUT2D eigenvalue weighted by molar-refractivity contribution is 9.10. The monoisotopic (exact) mass is 392 g/mol. The molecule has 1 atom stereocenters. The fourth-order valence-electron chi connectivity index (χ4n) is 2.50. The Kier molecular flexibility index (Phi) is 4.68. The van der Waals surface area contributed by atoms with Crippen LogP contribution in [-0.4, -0.2) is 25.1 Å². The SMILES string of the molecule is COc1ccccc1CN=CC1Nc2ccc(Br)c(Cl)c2C1=O. The van der Waals surface area contributed by atoms with Crippen molar-refractivity contribution in [3.05, 3.63) is 57.0 Å². The van der Waals surface area contributed by atoms with Gasteiger partial charge in [-0.1, -0.05) is 29.8 Å². The summed E-state index contributed by atoms with van der Waals surface area (Å²) < 4.78 is 6.00. The van der Waals surface area contributed by atoms with Gasteiger partial charge in [-0.15, -0.1) is 0 Å². The summed E-state index contributed by atoms with van der Waals surface area (Å²) in [6, 6.07) is 10.8. The molecule has 0 aliphatic carbocycles. The Bertz CT molecular complexity index is 792. The van der Waals surface area contributed by atoms with Gasteiger partial charge in [-0.2, -0.15) is 0 Å². The topological polar surface area (TPSA) is 50.7 Å². The first-order valence-corrected chi connectivity index (χ1v) is 8.19. The fourth-order valence-corrected chi connectivity index (χ4v) is 3.08. The van der Waals surface area contributed by atoms with Crippen molar-refractivity contribution < 1.29 is 9.53 Å². The second kappa shape index (κ2) is 6.72. The number of nitrogens with zero attached hydrogens (tertiary/aromatic N) is 1. The highest BCUT2D eigenvalue weighted by Crippen LogP contribution is 2.36. The van der Waals surface area contributed by atoms with E-state index in [1.807, 2.05) is 36.4 Å². The lowest BCUT2D eigenvalue weighted by molar-refractivity contribution is 0.1000. The van der Waals surface area contributed by atoms with Crippen molar-refractivity contribution in [2.75, 3.05) is 12.4 Å². The van der Waals surface area contributed by atoms with Crippen LogP contribution >= 0.6 is 27.5 Å². The number of Topliss-reactive ketones (excluding diaryl/α,β-unsaturated/α-hetero) is 1. The number of nitrogens with one attached hydrogen (secondary N) is 1. The predicted molar refractivity (Wildman–Crippen MR) is 96.1 cm³/mol. The first kappa shape index (κ1) is 16.0. The van der Waals surface area contributed by atoms with E-state index < -0.39 is 6.04 Å². The van der Waals surface area contributed by atoms with Gasteiger partial charge in [-0.3, -0.25) is 9.79 Å². The van der Waals surface area contributed by atoms with E-state index >= 15 is 0 Å². The van der Waals surface area contributed by atoms with Crippen LogP contribution in [0.25, 0.3) is 0 Å². The van der Waals surface area contributed by atoms with Gasteiger partial charge >= 0.3 is 0 Å². The lowest BCUT2D eigenvalue weighted by Crippen LogP contribution is -2.23. The van der Waals surface area contributed by atoms with Gasteiger partial charge in [0.1, 0.15) is 11.8 Å². The molecule has 1 unspecified atom stereocenters. The Morgan fingerprint density at radius 3 is 2.91 bits per heavy atom. The molecule has 0 fully saturated rings. The molecule has 4 nitrogen and oxygen atoms in total. The standard InChI is InChI=1S/C17H14BrClN2O2/c1-23-14-5-3-2-4-10(14)8-20-9-13-17(22)15-12(21-13)7-6-11(18)16(15)19/h2-7,9,13,21H,8H2,1H3. The molecule has 0 aromatic heterocycles. The molecular weight excluding hydrogens is 380 g/mol. The number of aliphatic imine (C=N–C) groups is 1. The Hall–Kier alpha value is -1.85. The van der Waals surface area contributed by atoms with Gasteiger partial charge in [-0.05, 0) is 34.1 Å². The van der Waals surface area contributed by atoms with Gasteiger partial charge in [0.15, 0.2) is 5.78 Å². The van der Waals surface area contributed by atoms with E-state index in [0.29, 0.717) is 21.6 Å². The molecule has 118 valence electrons. The molecule has 0 amide bonds. The van der Waals surface area contributed by atoms with Crippen LogP contribution in [0.15, 0.2) is 45.9 Å². The van der Waals surface area contributed by atoms with Crippen molar-refractivity contribution >= 4 is 45.2 Å². The van der Waals surface area contributed by atoms with Crippen molar-refractivity contribution in [1.82, 2.24) is 0 Å². The van der Waals surface area contributed by atoms with Crippen LogP contribution in [0.2, 0.25) is 5.02 Å². The highest BCUT2D eigenvalue weighted by Gasteiger charge is 2.31. The Morgan fingerprint density at radius 2 is 2.13 bits per heavy atom. The quantitative estimate of drug-likeness (QED) is 0.785. The summed E-state index contributed by atoms with van der Waals surface area (Å²) in [5.74, 6) is 0.709. The number of halogens is 2. The molecule has 0 spiro atoms. The maximum Gasteiger partial charge on any atom is 0.194 e. The van der Waals surface area contributed by atoms with Crippen LogP contribution in [0.3, 0.4) is 0 Å². The van der Waals surface area contributed by atoms with E-state index in [2.05, 4.69) is 26.2 Å². The third kappa shape index (κ3) is 3.12. The van der Waals surface area contributed by atoms with Gasteiger partial charge in [0.2, 0.25) is 0 Å². The number of ether oxygens (including phenoxy) is 1. The van der Waals surface area contributed by atoms with Gasteiger partial charge in [0.25, 0.3) is 0 Å². The zero-order valence-electron chi connectivity index (χ0n) is 12.3. The third-order valence-corrected chi connectivity index (χ3v) is 4.93. The molecule has 6 heteroatoms. The maximum absolute atomic E-state index is 12.5. The smallest absolute Gasteiger partial charge is 0.194 e. The lowest BCUT2D eigenvalue weighted by Gasteiger charge is -2.06. The molecule has 1 aliphatic rings. The van der Waals surface area contributed by atoms with Gasteiger partial charge < -0.3 is 10.1 Å². The zero-order valence-corrected chi connectivity index (χ0v) is 14.7. The van der Waals surface area contributed by atoms with Crippen molar-refractivity contribution in [2.45, 2.75) is 12.6 Å². The number of methoxy groups -OCH3 is 1. The lowest BCUT2D eigenvalue weighted by atomic mass is 10.1. The molecule has 2 aromatic rings. The van der Waals surface area contributed by atoms with Crippen LogP contribution in [0.5, 0.6) is 5.75 Å². The number of benzene rings is 2. The number of carbonyl (C=O) groups is 1. The van der Waals surface area contributed by atoms with Gasteiger partial charge in [0, 0.05) is 21.9 Å². The highest BCUT2D eigenvalue weighted by atomic mass is 79.9. The number of anilines is 1. The normalized spacial score (nSPS) is 16.5. The summed E-state index contributed by atoms with van der Waals surface area (Å²) >= 11 is 9.54. The minimum Gasteiger partial charge on any atom is -0.496 e. The van der Waals surface area contributed by atoms with Crippen LogP contribution in [0.1, 0.15) is 15.9 Å². The van der Waals surface area contributed by atoms with Crippen LogP contribution in [0, 0.1) is 0 Å². The number of ketones is 1. The second-order valence-electron chi connectivity index (χ2n) is 5.07. The molecule has 2 aromatic carbocycles. The number of carbonyl (C=O) groups excluding carboxylic acids is 1. The van der Waals surface area contributed by atoms with E-state index in [4.69, 9.17) is 16.3 Å². The second-order valence-corrected chi connectivity index (χ2v) is 6.30. The Labute approximate surface area is 147 Å². The third-order valence-electron chi connectivity index (χ3n) is 3.64. The number of hydrogen-bond donors (Lipinski definition) is 1. The molecule has 1 aliphatic heterocycles. The first-order valence-electron chi connectivity index (χ1n) is 7.02. The number of hydrogen-bond acceptors (Lipinski definition) is 4. The van der Waals surface area contributed by atoms with Crippen LogP contribution in [-0.2, 0) is 6.54 Å². The van der Waals surface area contributed by atoms with E-state index in [9.17, 15) is 4.79 Å². The largest absolute Gasteiger partial charge is 0.496 e. The molecule has 0 saturated heterocycles. The molecule has 0 bridgehead atoms. The molecule has 1 heterocycles. The molecule has 3 rings (SSSR count). The minimum atomic E-state index is -0.494. The van der Waals surface area contributed by atoms with E-state index in [-0.39, 0.29) is 5.78 Å². The minimum absolute atomic E-state index is 0.0740. The van der Waals surface area contributed by atoms with Crippen molar-refractivity contribution in [3.63, 3.8) is 0 Å². The van der Waals surface area contributed by atoms with Crippen molar-refractivity contribution in [3.8, 4) is 5.75 Å². The summed E-state index contributed by atoms with van der Waals surface area (Å²) in [7, 11) is 1.63.